The number of nitrogens with one attached hydrogen (secondary N) is 1. The van der Waals surface area contributed by atoms with Crippen molar-refractivity contribution < 1.29 is 4.92 Å². The normalized spacial score (nSPS) is 12.1. The first-order valence-electron chi connectivity index (χ1n) is 6.03. The minimum Gasteiger partial charge on any atom is -0.306 e. The van der Waals surface area contributed by atoms with Crippen molar-refractivity contribution in [1.29, 1.82) is 0 Å². The van der Waals surface area contributed by atoms with Crippen LogP contribution in [-0.4, -0.2) is 9.91 Å². The van der Waals surface area contributed by atoms with E-state index in [-0.39, 0.29) is 11.7 Å². The molecular formula is C14H15N3O2. The SMILES string of the molecule is CC(NCc1ccc([N+](=O)[O-])cc1)c1ccncc1. The van der Waals surface area contributed by atoms with Crippen molar-refractivity contribution in [3.8, 4) is 0 Å². The third-order valence-corrected chi connectivity index (χ3v) is 2.97. The van der Waals surface area contributed by atoms with Gasteiger partial charge in [-0.2, -0.15) is 0 Å². The Bertz CT molecular complexity index is 540. The van der Waals surface area contributed by atoms with Crippen LogP contribution in [-0.2, 0) is 6.54 Å². The molecule has 0 radical (unpaired) electrons. The monoisotopic (exact) mass is 257 g/mol. The summed E-state index contributed by atoms with van der Waals surface area (Å²) in [5, 5.41) is 13.9. The lowest BCUT2D eigenvalue weighted by Crippen LogP contribution is -2.18. The molecule has 1 unspecified atom stereocenters. The van der Waals surface area contributed by atoms with E-state index in [1.807, 2.05) is 12.1 Å². The molecule has 1 atom stereocenters. The quantitative estimate of drug-likeness (QED) is 0.660. The second-order valence-electron chi connectivity index (χ2n) is 4.31. The number of nitrogens with zero attached hydrogens (tertiary/aromatic N) is 2. The second kappa shape index (κ2) is 6.06. The number of aromatic nitrogens is 1. The lowest BCUT2D eigenvalue weighted by atomic mass is 10.1. The van der Waals surface area contributed by atoms with Gasteiger partial charge in [-0.3, -0.25) is 15.1 Å². The molecular weight excluding hydrogens is 242 g/mol. The average Bonchev–Trinajstić information content (AvgIpc) is 2.46. The van der Waals surface area contributed by atoms with Gasteiger partial charge in [0.2, 0.25) is 0 Å². The molecule has 19 heavy (non-hydrogen) atoms. The maximum atomic E-state index is 10.5. The molecule has 98 valence electrons. The molecule has 5 nitrogen and oxygen atoms in total. The largest absolute Gasteiger partial charge is 0.306 e. The Kier molecular flexibility index (Phi) is 4.20. The highest BCUT2D eigenvalue weighted by Gasteiger charge is 2.06. The molecule has 0 fully saturated rings. The zero-order valence-corrected chi connectivity index (χ0v) is 10.6. The topological polar surface area (TPSA) is 68.1 Å². The van der Waals surface area contributed by atoms with E-state index in [1.165, 1.54) is 12.1 Å². The van der Waals surface area contributed by atoms with Gasteiger partial charge in [-0.15, -0.1) is 0 Å². The Morgan fingerprint density at radius 3 is 2.42 bits per heavy atom. The van der Waals surface area contributed by atoms with Crippen LogP contribution in [0.1, 0.15) is 24.1 Å². The zero-order chi connectivity index (χ0) is 13.7. The molecule has 0 aliphatic rings. The number of pyridine rings is 1. The average molecular weight is 257 g/mol. The van der Waals surface area contributed by atoms with Crippen LogP contribution in [0.25, 0.3) is 0 Å². The summed E-state index contributed by atoms with van der Waals surface area (Å²) in [5.74, 6) is 0. The maximum absolute atomic E-state index is 10.5. The summed E-state index contributed by atoms with van der Waals surface area (Å²) in [4.78, 5) is 14.1. The van der Waals surface area contributed by atoms with Gasteiger partial charge in [-0.1, -0.05) is 12.1 Å². The van der Waals surface area contributed by atoms with E-state index in [4.69, 9.17) is 0 Å². The highest BCUT2D eigenvalue weighted by atomic mass is 16.6. The molecule has 0 bridgehead atoms. The van der Waals surface area contributed by atoms with Gasteiger partial charge in [0.25, 0.3) is 5.69 Å². The van der Waals surface area contributed by atoms with Crippen LogP contribution in [0.15, 0.2) is 48.8 Å². The number of benzene rings is 1. The fraction of sp³-hybridized carbons (Fsp3) is 0.214. The van der Waals surface area contributed by atoms with Crippen LogP contribution in [0.2, 0.25) is 0 Å². The van der Waals surface area contributed by atoms with Gasteiger partial charge in [0, 0.05) is 37.1 Å². The Morgan fingerprint density at radius 1 is 1.21 bits per heavy atom. The summed E-state index contributed by atoms with van der Waals surface area (Å²) in [7, 11) is 0. The molecule has 2 aromatic rings. The number of nitro benzene ring substituents is 1. The van der Waals surface area contributed by atoms with E-state index < -0.39 is 4.92 Å². The predicted octanol–water partition coefficient (Wildman–Crippen LogP) is 2.84. The highest BCUT2D eigenvalue weighted by Crippen LogP contribution is 2.14. The number of hydrogen-bond acceptors (Lipinski definition) is 4. The van der Waals surface area contributed by atoms with Gasteiger partial charge in [-0.25, -0.2) is 0 Å². The maximum Gasteiger partial charge on any atom is 0.269 e. The van der Waals surface area contributed by atoms with Crippen LogP contribution in [0.4, 0.5) is 5.69 Å². The van der Waals surface area contributed by atoms with E-state index in [0.29, 0.717) is 6.54 Å². The molecule has 2 rings (SSSR count). The molecule has 0 saturated heterocycles. The number of non-ortho nitro benzene ring substituents is 1. The standard InChI is InChI=1S/C14H15N3O2/c1-11(13-6-8-15-9-7-13)16-10-12-2-4-14(5-3-12)17(18)19/h2-9,11,16H,10H2,1H3. The summed E-state index contributed by atoms with van der Waals surface area (Å²) < 4.78 is 0. The predicted molar refractivity (Wildman–Crippen MR) is 72.6 cm³/mol. The Labute approximate surface area is 111 Å². The van der Waals surface area contributed by atoms with Crippen LogP contribution >= 0.6 is 0 Å². The van der Waals surface area contributed by atoms with Crippen molar-refractivity contribution in [2.75, 3.05) is 0 Å². The van der Waals surface area contributed by atoms with Gasteiger partial charge < -0.3 is 5.32 Å². The van der Waals surface area contributed by atoms with Crippen molar-refractivity contribution in [1.82, 2.24) is 10.3 Å². The number of nitro groups is 1. The number of hydrogen-bond donors (Lipinski definition) is 1. The van der Waals surface area contributed by atoms with Gasteiger partial charge in [0.1, 0.15) is 0 Å². The van der Waals surface area contributed by atoms with Crippen molar-refractivity contribution in [2.24, 2.45) is 0 Å². The Hall–Kier alpha value is -2.27. The van der Waals surface area contributed by atoms with Crippen molar-refractivity contribution in [3.05, 3.63) is 70.0 Å². The van der Waals surface area contributed by atoms with E-state index >= 15 is 0 Å². The lowest BCUT2D eigenvalue weighted by Gasteiger charge is -2.13. The van der Waals surface area contributed by atoms with Gasteiger partial charge in [0.05, 0.1) is 4.92 Å². The van der Waals surface area contributed by atoms with Crippen LogP contribution in [0.5, 0.6) is 0 Å². The Balaban J connectivity index is 1.93. The summed E-state index contributed by atoms with van der Waals surface area (Å²) in [6, 6.07) is 10.7. The molecule has 0 spiro atoms. The molecule has 5 heteroatoms. The molecule has 0 aliphatic heterocycles. The first-order valence-corrected chi connectivity index (χ1v) is 6.03. The van der Waals surface area contributed by atoms with E-state index in [9.17, 15) is 10.1 Å². The van der Waals surface area contributed by atoms with E-state index in [0.717, 1.165) is 11.1 Å². The summed E-state index contributed by atoms with van der Waals surface area (Å²) in [5.41, 5.74) is 2.30. The zero-order valence-electron chi connectivity index (χ0n) is 10.6. The van der Waals surface area contributed by atoms with Crippen molar-refractivity contribution >= 4 is 5.69 Å². The van der Waals surface area contributed by atoms with Crippen LogP contribution in [0, 0.1) is 10.1 Å². The summed E-state index contributed by atoms with van der Waals surface area (Å²) >= 11 is 0. The van der Waals surface area contributed by atoms with Crippen molar-refractivity contribution in [2.45, 2.75) is 19.5 Å². The highest BCUT2D eigenvalue weighted by molar-refractivity contribution is 5.32. The molecule has 0 aliphatic carbocycles. The first-order chi connectivity index (χ1) is 9.16. The van der Waals surface area contributed by atoms with Gasteiger partial charge >= 0.3 is 0 Å². The first kappa shape index (κ1) is 13.2. The van der Waals surface area contributed by atoms with Crippen LogP contribution < -0.4 is 5.32 Å². The van der Waals surface area contributed by atoms with Gasteiger partial charge in [-0.05, 0) is 30.2 Å². The molecule has 1 N–H and O–H groups in total. The van der Waals surface area contributed by atoms with Crippen LogP contribution in [0.3, 0.4) is 0 Å². The molecule has 0 saturated carbocycles. The fourth-order valence-electron chi connectivity index (χ4n) is 1.78. The molecule has 1 heterocycles. The summed E-state index contributed by atoms with van der Waals surface area (Å²) in [6.07, 6.45) is 3.53. The van der Waals surface area contributed by atoms with Gasteiger partial charge in [0.15, 0.2) is 0 Å². The minimum absolute atomic E-state index is 0.117. The Morgan fingerprint density at radius 2 is 1.84 bits per heavy atom. The van der Waals surface area contributed by atoms with Crippen molar-refractivity contribution in [3.63, 3.8) is 0 Å². The minimum atomic E-state index is -0.392. The molecule has 1 aromatic carbocycles. The second-order valence-corrected chi connectivity index (χ2v) is 4.31. The smallest absolute Gasteiger partial charge is 0.269 e. The van der Waals surface area contributed by atoms with E-state index in [1.54, 1.807) is 24.5 Å². The number of rotatable bonds is 5. The summed E-state index contributed by atoms with van der Waals surface area (Å²) in [6.45, 7) is 2.74. The lowest BCUT2D eigenvalue weighted by molar-refractivity contribution is -0.384. The fourth-order valence-corrected chi connectivity index (χ4v) is 1.78. The third kappa shape index (κ3) is 3.59. The molecule has 0 amide bonds. The molecule has 1 aromatic heterocycles. The third-order valence-electron chi connectivity index (χ3n) is 2.97. The van der Waals surface area contributed by atoms with E-state index in [2.05, 4.69) is 17.2 Å².